The lowest BCUT2D eigenvalue weighted by Gasteiger charge is -2.15. The van der Waals surface area contributed by atoms with Crippen LogP contribution in [0.3, 0.4) is 0 Å². The monoisotopic (exact) mass is 219 g/mol. The van der Waals surface area contributed by atoms with Gasteiger partial charge in [0, 0.05) is 6.08 Å². The van der Waals surface area contributed by atoms with Crippen LogP contribution in [-0.4, -0.2) is 27.4 Å². The van der Waals surface area contributed by atoms with Crippen molar-refractivity contribution in [2.75, 3.05) is 0 Å². The maximum absolute atomic E-state index is 9.25. The van der Waals surface area contributed by atoms with E-state index in [0.29, 0.717) is 0 Å². The average molecular weight is 220 g/mol. The fraction of sp³-hybridized carbons (Fsp3) is 0.556. The van der Waals surface area contributed by atoms with Crippen LogP contribution in [0.1, 0.15) is 25.7 Å². The first kappa shape index (κ1) is 13.0. The fourth-order valence-electron chi connectivity index (χ4n) is 1.07. The van der Waals surface area contributed by atoms with E-state index in [2.05, 4.69) is 11.7 Å². The highest BCUT2D eigenvalue weighted by Crippen LogP contribution is 2.19. The predicted molar refractivity (Wildman–Crippen MR) is 55.2 cm³/mol. The van der Waals surface area contributed by atoms with Crippen molar-refractivity contribution in [3.63, 3.8) is 0 Å². The Morgan fingerprint density at radius 3 is 2.50 bits per heavy atom. The van der Waals surface area contributed by atoms with Crippen LogP contribution < -0.4 is 0 Å². The van der Waals surface area contributed by atoms with Gasteiger partial charge in [0.15, 0.2) is 0 Å². The van der Waals surface area contributed by atoms with Crippen molar-refractivity contribution >= 4 is 23.3 Å². The van der Waals surface area contributed by atoms with Crippen LogP contribution in [0.2, 0.25) is 0 Å². The lowest BCUT2D eigenvalue weighted by molar-refractivity contribution is -0.131. The molecule has 0 heterocycles. The van der Waals surface area contributed by atoms with Gasteiger partial charge < -0.3 is 10.3 Å². The molecule has 0 aromatic carbocycles. The summed E-state index contributed by atoms with van der Waals surface area (Å²) in [6.07, 6.45) is 4.93. The van der Waals surface area contributed by atoms with Gasteiger partial charge in [0.1, 0.15) is 0 Å². The molecule has 0 aromatic rings. The minimum absolute atomic E-state index is 0.0104. The zero-order valence-electron chi connectivity index (χ0n) is 7.82. The molecular formula is C9H14ClNO3. The number of carboxylic acids is 1. The van der Waals surface area contributed by atoms with E-state index < -0.39 is 5.97 Å². The Labute approximate surface area is 87.9 Å². The van der Waals surface area contributed by atoms with Gasteiger partial charge in [0.2, 0.25) is 0 Å². The number of alkyl halides is 1. The lowest BCUT2D eigenvalue weighted by atomic mass is 9.98. The minimum Gasteiger partial charge on any atom is -0.478 e. The molecule has 1 unspecified atom stereocenters. The van der Waals surface area contributed by atoms with Crippen LogP contribution in [0.15, 0.2) is 17.8 Å². The van der Waals surface area contributed by atoms with E-state index in [-0.39, 0.29) is 5.38 Å². The molecule has 14 heavy (non-hydrogen) atoms. The molecule has 0 aromatic heterocycles. The highest BCUT2D eigenvalue weighted by atomic mass is 35.5. The number of nitrogens with zero attached hydrogens (tertiary/aromatic N) is 1. The molecule has 1 aliphatic rings. The van der Waals surface area contributed by atoms with Gasteiger partial charge in [-0.25, -0.2) is 4.79 Å². The second-order valence-electron chi connectivity index (χ2n) is 2.85. The predicted octanol–water partition coefficient (Wildman–Crippen LogP) is 2.25. The van der Waals surface area contributed by atoms with E-state index in [1.165, 1.54) is 0 Å². The Morgan fingerprint density at radius 2 is 2.21 bits per heavy atom. The number of oxime groups is 1. The van der Waals surface area contributed by atoms with Gasteiger partial charge in [-0.2, -0.15) is 0 Å². The van der Waals surface area contributed by atoms with Crippen LogP contribution in [0.4, 0.5) is 0 Å². The first-order valence-corrected chi connectivity index (χ1v) is 4.75. The van der Waals surface area contributed by atoms with Gasteiger partial charge in [0.05, 0.1) is 11.1 Å². The molecule has 0 bridgehead atoms. The third-order valence-electron chi connectivity index (χ3n) is 1.81. The molecule has 1 atom stereocenters. The van der Waals surface area contributed by atoms with E-state index in [1.807, 2.05) is 0 Å². The summed E-state index contributed by atoms with van der Waals surface area (Å²) in [6.45, 7) is 2.96. The number of hydrogen-bond donors (Lipinski definition) is 2. The van der Waals surface area contributed by atoms with Crippen molar-refractivity contribution in [1.82, 2.24) is 0 Å². The molecular weight excluding hydrogens is 206 g/mol. The van der Waals surface area contributed by atoms with Crippen LogP contribution in [0.25, 0.3) is 0 Å². The summed E-state index contributed by atoms with van der Waals surface area (Å²) < 4.78 is 0. The number of rotatable bonds is 1. The number of carboxylic acid groups (broad SMARTS) is 1. The van der Waals surface area contributed by atoms with Gasteiger partial charge in [0.25, 0.3) is 0 Å². The number of halogens is 1. The normalized spacial score (nSPS) is 23.5. The Kier molecular flexibility index (Phi) is 6.84. The summed E-state index contributed by atoms with van der Waals surface area (Å²) in [5, 5.41) is 19.1. The molecule has 2 N–H and O–H groups in total. The van der Waals surface area contributed by atoms with Crippen LogP contribution >= 0.6 is 11.6 Å². The van der Waals surface area contributed by atoms with Gasteiger partial charge >= 0.3 is 5.97 Å². The zero-order chi connectivity index (χ0) is 11.0. The summed E-state index contributed by atoms with van der Waals surface area (Å²) in [5.41, 5.74) is 0.753. The zero-order valence-corrected chi connectivity index (χ0v) is 8.57. The summed E-state index contributed by atoms with van der Waals surface area (Å²) in [7, 11) is 0. The maximum atomic E-state index is 9.25. The number of carbonyl (C=O) groups is 1. The Morgan fingerprint density at radius 1 is 1.64 bits per heavy atom. The van der Waals surface area contributed by atoms with Crippen molar-refractivity contribution in [2.24, 2.45) is 5.16 Å². The van der Waals surface area contributed by atoms with E-state index in [1.54, 1.807) is 0 Å². The molecule has 0 amide bonds. The molecule has 80 valence electrons. The smallest absolute Gasteiger partial charge is 0.327 e. The maximum Gasteiger partial charge on any atom is 0.327 e. The molecule has 1 rings (SSSR count). The second kappa shape index (κ2) is 7.38. The van der Waals surface area contributed by atoms with E-state index in [0.717, 1.165) is 37.5 Å². The van der Waals surface area contributed by atoms with Crippen molar-refractivity contribution in [3.05, 3.63) is 12.7 Å². The van der Waals surface area contributed by atoms with E-state index in [9.17, 15) is 4.79 Å². The third kappa shape index (κ3) is 5.59. The molecule has 0 radical (unpaired) electrons. The summed E-state index contributed by atoms with van der Waals surface area (Å²) >= 11 is 5.79. The first-order chi connectivity index (χ1) is 6.61. The van der Waals surface area contributed by atoms with Gasteiger partial charge in [-0.05, 0) is 19.3 Å². The molecule has 0 spiro atoms. The minimum atomic E-state index is -0.981. The largest absolute Gasteiger partial charge is 0.478 e. The van der Waals surface area contributed by atoms with Gasteiger partial charge in [-0.3, -0.25) is 0 Å². The van der Waals surface area contributed by atoms with Gasteiger partial charge in [-0.15, -0.1) is 11.6 Å². The lowest BCUT2D eigenvalue weighted by Crippen LogP contribution is -2.18. The summed E-state index contributed by atoms with van der Waals surface area (Å²) in [6, 6.07) is 0. The Balaban J connectivity index is 0.000000292. The number of aliphatic carboxylic acids is 1. The number of hydrogen-bond acceptors (Lipinski definition) is 3. The highest BCUT2D eigenvalue weighted by Gasteiger charge is 2.17. The van der Waals surface area contributed by atoms with Crippen molar-refractivity contribution in [1.29, 1.82) is 0 Å². The first-order valence-electron chi connectivity index (χ1n) is 4.32. The molecule has 0 aliphatic heterocycles. The topological polar surface area (TPSA) is 69.9 Å². The van der Waals surface area contributed by atoms with Crippen molar-refractivity contribution in [2.45, 2.75) is 31.1 Å². The molecule has 4 nitrogen and oxygen atoms in total. The van der Waals surface area contributed by atoms with Crippen LogP contribution in [0, 0.1) is 0 Å². The highest BCUT2D eigenvalue weighted by molar-refractivity contribution is 6.32. The third-order valence-corrected chi connectivity index (χ3v) is 2.28. The fourth-order valence-corrected chi connectivity index (χ4v) is 1.37. The van der Waals surface area contributed by atoms with Crippen molar-refractivity contribution < 1.29 is 15.1 Å². The van der Waals surface area contributed by atoms with Gasteiger partial charge in [-0.1, -0.05) is 18.2 Å². The molecule has 0 saturated heterocycles. The van der Waals surface area contributed by atoms with E-state index in [4.69, 9.17) is 21.9 Å². The van der Waals surface area contributed by atoms with Crippen LogP contribution in [0.5, 0.6) is 0 Å². The molecule has 1 aliphatic carbocycles. The Bertz CT molecular complexity index is 228. The standard InChI is InChI=1S/C6H10ClNO.C3H4O2/c7-5-3-1-2-4-6(5)8-9;1-2-3(4)5/h5,9H,1-4H2;2H,1H2,(H,4,5)/b8-6-;. The molecule has 5 heteroatoms. The van der Waals surface area contributed by atoms with E-state index >= 15 is 0 Å². The SMILES string of the molecule is C=CC(=O)O.O/N=C1/CCCCC1Cl. The average Bonchev–Trinajstić information content (AvgIpc) is 2.19. The second-order valence-corrected chi connectivity index (χ2v) is 3.37. The quantitative estimate of drug-likeness (QED) is 0.308. The summed E-state index contributed by atoms with van der Waals surface area (Å²) in [5.74, 6) is -0.981. The molecule has 1 saturated carbocycles. The molecule has 1 fully saturated rings. The van der Waals surface area contributed by atoms with Crippen LogP contribution in [-0.2, 0) is 4.79 Å². The van der Waals surface area contributed by atoms with Crippen molar-refractivity contribution in [3.8, 4) is 0 Å². The summed E-state index contributed by atoms with van der Waals surface area (Å²) in [4.78, 5) is 9.25. The Hall–Kier alpha value is -1.03.